The van der Waals surface area contributed by atoms with Gasteiger partial charge in [-0.15, -0.1) is 0 Å². The third-order valence-electron chi connectivity index (χ3n) is 4.44. The van der Waals surface area contributed by atoms with Crippen LogP contribution in [0.25, 0.3) is 27.7 Å². The smallest absolute Gasteiger partial charge is 0.340 e. The van der Waals surface area contributed by atoms with E-state index in [-0.39, 0.29) is 5.97 Å². The predicted molar refractivity (Wildman–Crippen MR) is 97.0 cm³/mol. The van der Waals surface area contributed by atoms with E-state index in [4.69, 9.17) is 4.74 Å². The zero-order chi connectivity index (χ0) is 16.8. The van der Waals surface area contributed by atoms with Crippen molar-refractivity contribution in [1.82, 2.24) is 4.40 Å². The van der Waals surface area contributed by atoms with Crippen LogP contribution in [-0.4, -0.2) is 17.0 Å². The SMILES string of the molecule is CCOC(=O)c1cc2cc(C)cc3cc(-c4ccc(C)cc4)c1n23. The molecule has 0 unspecified atom stereocenters. The molecule has 3 nitrogen and oxygen atoms in total. The summed E-state index contributed by atoms with van der Waals surface area (Å²) >= 11 is 0. The Labute approximate surface area is 140 Å². The van der Waals surface area contributed by atoms with Crippen molar-refractivity contribution in [3.63, 3.8) is 0 Å². The Morgan fingerprint density at radius 3 is 2.29 bits per heavy atom. The normalized spacial score (nSPS) is 11.5. The van der Waals surface area contributed by atoms with E-state index >= 15 is 0 Å². The van der Waals surface area contributed by atoms with Gasteiger partial charge in [-0.05, 0) is 56.2 Å². The van der Waals surface area contributed by atoms with Crippen LogP contribution in [0.5, 0.6) is 0 Å². The van der Waals surface area contributed by atoms with Gasteiger partial charge in [0.15, 0.2) is 0 Å². The fourth-order valence-electron chi connectivity index (χ4n) is 3.39. The van der Waals surface area contributed by atoms with Gasteiger partial charge in [-0.3, -0.25) is 0 Å². The molecule has 0 fully saturated rings. The van der Waals surface area contributed by atoms with Gasteiger partial charge in [0.25, 0.3) is 0 Å². The molecule has 3 aromatic heterocycles. The zero-order valence-electron chi connectivity index (χ0n) is 14.1. The average Bonchev–Trinajstić information content (AvgIpc) is 3.10. The van der Waals surface area contributed by atoms with E-state index in [1.165, 1.54) is 11.1 Å². The Kier molecular flexibility index (Phi) is 3.31. The number of pyridine rings is 1. The van der Waals surface area contributed by atoms with Crippen LogP contribution in [0.1, 0.15) is 28.4 Å². The number of carbonyl (C=O) groups is 1. The third kappa shape index (κ3) is 2.16. The molecule has 0 saturated carbocycles. The summed E-state index contributed by atoms with van der Waals surface area (Å²) in [7, 11) is 0. The molecule has 0 amide bonds. The summed E-state index contributed by atoms with van der Waals surface area (Å²) in [6, 6.07) is 16.7. The van der Waals surface area contributed by atoms with Gasteiger partial charge in [0.1, 0.15) is 0 Å². The van der Waals surface area contributed by atoms with E-state index in [2.05, 4.69) is 60.7 Å². The van der Waals surface area contributed by atoms with Crippen molar-refractivity contribution in [3.8, 4) is 11.1 Å². The molecule has 0 aliphatic heterocycles. The van der Waals surface area contributed by atoms with Crippen LogP contribution in [0.4, 0.5) is 0 Å². The second-order valence-electron chi connectivity index (χ2n) is 6.27. The molecule has 24 heavy (non-hydrogen) atoms. The molecule has 4 aromatic rings. The monoisotopic (exact) mass is 317 g/mol. The van der Waals surface area contributed by atoms with Crippen LogP contribution in [0.3, 0.4) is 0 Å². The molecule has 0 N–H and O–H groups in total. The summed E-state index contributed by atoms with van der Waals surface area (Å²) < 4.78 is 7.42. The van der Waals surface area contributed by atoms with Gasteiger partial charge in [-0.25, -0.2) is 4.79 Å². The van der Waals surface area contributed by atoms with E-state index in [1.54, 1.807) is 0 Å². The van der Waals surface area contributed by atoms with Crippen molar-refractivity contribution in [1.29, 1.82) is 0 Å². The highest BCUT2D eigenvalue weighted by molar-refractivity contribution is 6.07. The van der Waals surface area contributed by atoms with Crippen LogP contribution >= 0.6 is 0 Å². The Morgan fingerprint density at radius 2 is 1.62 bits per heavy atom. The third-order valence-corrected chi connectivity index (χ3v) is 4.44. The molecule has 1 aromatic carbocycles. The van der Waals surface area contributed by atoms with Gasteiger partial charge in [0.05, 0.1) is 17.7 Å². The highest BCUT2D eigenvalue weighted by Crippen LogP contribution is 2.35. The first kappa shape index (κ1) is 14.8. The minimum absolute atomic E-state index is 0.264. The number of carbonyl (C=O) groups excluding carboxylic acids is 1. The van der Waals surface area contributed by atoms with Crippen LogP contribution in [0, 0.1) is 13.8 Å². The lowest BCUT2D eigenvalue weighted by Crippen LogP contribution is -2.03. The van der Waals surface area contributed by atoms with Gasteiger partial charge in [0.2, 0.25) is 0 Å². The number of ether oxygens (including phenoxy) is 1. The Balaban J connectivity index is 2.06. The number of aromatic nitrogens is 1. The number of esters is 1. The molecular formula is C21H19NO2. The number of aryl methyl sites for hydroxylation is 2. The van der Waals surface area contributed by atoms with Crippen LogP contribution in [0.2, 0.25) is 0 Å². The summed E-state index contributed by atoms with van der Waals surface area (Å²) in [5, 5.41) is 0. The maximum atomic E-state index is 12.5. The van der Waals surface area contributed by atoms with Crippen molar-refractivity contribution in [2.24, 2.45) is 0 Å². The van der Waals surface area contributed by atoms with Crippen LogP contribution in [0.15, 0.2) is 48.5 Å². The van der Waals surface area contributed by atoms with Crippen molar-refractivity contribution in [2.45, 2.75) is 20.8 Å². The molecule has 0 radical (unpaired) electrons. The number of benzene rings is 1. The van der Waals surface area contributed by atoms with Gasteiger partial charge in [-0.1, -0.05) is 29.8 Å². The van der Waals surface area contributed by atoms with E-state index in [1.807, 2.05) is 13.0 Å². The molecule has 0 bridgehead atoms. The number of hydrogen-bond donors (Lipinski definition) is 0. The van der Waals surface area contributed by atoms with Crippen molar-refractivity contribution in [3.05, 3.63) is 65.2 Å². The number of hydrogen-bond acceptors (Lipinski definition) is 2. The fraction of sp³-hybridized carbons (Fsp3) is 0.190. The first-order valence-electron chi connectivity index (χ1n) is 8.21. The van der Waals surface area contributed by atoms with E-state index < -0.39 is 0 Å². The lowest BCUT2D eigenvalue weighted by Gasteiger charge is -2.03. The summed E-state index contributed by atoms with van der Waals surface area (Å²) in [6.07, 6.45) is 0. The largest absolute Gasteiger partial charge is 0.462 e. The second kappa shape index (κ2) is 5.38. The minimum atomic E-state index is -0.264. The molecule has 120 valence electrons. The van der Waals surface area contributed by atoms with Crippen LogP contribution in [-0.2, 0) is 4.74 Å². The Bertz CT molecular complexity index is 1040. The maximum absolute atomic E-state index is 12.5. The van der Waals surface area contributed by atoms with Crippen molar-refractivity contribution >= 4 is 22.5 Å². The van der Waals surface area contributed by atoms with Crippen LogP contribution < -0.4 is 0 Å². The molecule has 3 heteroatoms. The first-order chi connectivity index (χ1) is 11.6. The van der Waals surface area contributed by atoms with Crippen molar-refractivity contribution in [2.75, 3.05) is 6.61 Å². The van der Waals surface area contributed by atoms with Gasteiger partial charge >= 0.3 is 5.97 Å². The zero-order valence-corrected chi connectivity index (χ0v) is 14.1. The summed E-state index contributed by atoms with van der Waals surface area (Å²) in [5.41, 5.74) is 8.27. The molecule has 0 aliphatic carbocycles. The van der Waals surface area contributed by atoms with Gasteiger partial charge < -0.3 is 9.14 Å². The van der Waals surface area contributed by atoms with E-state index in [9.17, 15) is 4.79 Å². The number of nitrogens with zero attached hydrogens (tertiary/aromatic N) is 1. The lowest BCUT2D eigenvalue weighted by molar-refractivity contribution is 0.0529. The first-order valence-corrected chi connectivity index (χ1v) is 8.21. The highest BCUT2D eigenvalue weighted by Gasteiger charge is 2.21. The second-order valence-corrected chi connectivity index (χ2v) is 6.27. The lowest BCUT2D eigenvalue weighted by atomic mass is 10.0. The number of rotatable bonds is 3. The minimum Gasteiger partial charge on any atom is -0.462 e. The highest BCUT2D eigenvalue weighted by atomic mass is 16.5. The molecule has 3 heterocycles. The molecule has 0 spiro atoms. The summed E-state index contributed by atoms with van der Waals surface area (Å²) in [5.74, 6) is -0.264. The topological polar surface area (TPSA) is 30.7 Å². The fourth-order valence-corrected chi connectivity index (χ4v) is 3.39. The standard InChI is InChI=1S/C21H19NO2/c1-4-24-21(23)19-12-17-10-14(3)9-16-11-18(20(19)22(16)17)15-7-5-13(2)6-8-15/h5-12H,4H2,1-3H3. The van der Waals surface area contributed by atoms with Gasteiger partial charge in [-0.2, -0.15) is 0 Å². The molecule has 4 rings (SSSR count). The van der Waals surface area contributed by atoms with E-state index in [0.717, 1.165) is 27.7 Å². The van der Waals surface area contributed by atoms with E-state index in [0.29, 0.717) is 12.2 Å². The summed E-state index contributed by atoms with van der Waals surface area (Å²) in [6.45, 7) is 6.36. The molecule has 0 saturated heterocycles. The van der Waals surface area contributed by atoms with Gasteiger partial charge in [0, 0.05) is 16.6 Å². The quantitative estimate of drug-likeness (QED) is 0.498. The van der Waals surface area contributed by atoms with Crippen molar-refractivity contribution < 1.29 is 9.53 Å². The Hall–Kier alpha value is -2.81. The maximum Gasteiger partial charge on any atom is 0.340 e. The molecule has 0 atom stereocenters. The molecule has 0 aliphatic rings. The molecular weight excluding hydrogens is 298 g/mol. The average molecular weight is 317 g/mol. The summed E-state index contributed by atoms with van der Waals surface area (Å²) in [4.78, 5) is 12.5. The predicted octanol–water partition coefficient (Wildman–Crippen LogP) is 4.99. The Morgan fingerprint density at radius 1 is 0.958 bits per heavy atom.